The minimum atomic E-state index is -0.217. The Kier molecular flexibility index (Phi) is 6.22. The lowest BCUT2D eigenvalue weighted by molar-refractivity contribution is 0.0955. The molecular formula is C24H24N2O2. The van der Waals surface area contributed by atoms with E-state index in [0.717, 1.165) is 17.5 Å². The molecule has 0 saturated heterocycles. The second kappa shape index (κ2) is 9.00. The van der Waals surface area contributed by atoms with Gasteiger partial charge in [0.2, 0.25) is 0 Å². The Balaban J connectivity index is 1.69. The lowest BCUT2D eigenvalue weighted by Gasteiger charge is -2.13. The van der Waals surface area contributed by atoms with Crippen LogP contribution in [0.5, 0.6) is 0 Å². The van der Waals surface area contributed by atoms with Crippen LogP contribution in [0.2, 0.25) is 0 Å². The number of aryl methyl sites for hydroxylation is 2. The summed E-state index contributed by atoms with van der Waals surface area (Å²) in [5, 5.41) is 5.82. The van der Waals surface area contributed by atoms with Crippen molar-refractivity contribution in [2.45, 2.75) is 20.3 Å². The number of nitrogens with one attached hydrogen (secondary N) is 2. The van der Waals surface area contributed by atoms with Crippen molar-refractivity contribution < 1.29 is 9.59 Å². The summed E-state index contributed by atoms with van der Waals surface area (Å²) in [6.07, 6.45) is 0.754. The van der Waals surface area contributed by atoms with Crippen LogP contribution < -0.4 is 10.6 Å². The summed E-state index contributed by atoms with van der Waals surface area (Å²) in [4.78, 5) is 25.4. The fraction of sp³-hybridized carbons (Fsp3) is 0.167. The Hall–Kier alpha value is -3.40. The van der Waals surface area contributed by atoms with Crippen molar-refractivity contribution in [1.29, 1.82) is 0 Å². The lowest BCUT2D eigenvalue weighted by Crippen LogP contribution is -2.27. The maximum atomic E-state index is 12.7. The van der Waals surface area contributed by atoms with Crippen LogP contribution >= 0.6 is 0 Å². The van der Waals surface area contributed by atoms with E-state index in [9.17, 15) is 9.59 Å². The highest BCUT2D eigenvalue weighted by atomic mass is 16.2. The molecule has 28 heavy (non-hydrogen) atoms. The molecule has 0 aromatic heterocycles. The number of hydrogen-bond donors (Lipinski definition) is 2. The zero-order valence-electron chi connectivity index (χ0n) is 16.2. The largest absolute Gasteiger partial charge is 0.352 e. The molecule has 0 atom stereocenters. The second-order valence-electron chi connectivity index (χ2n) is 6.81. The molecule has 2 N–H and O–H groups in total. The molecule has 0 bridgehead atoms. The third-order valence-electron chi connectivity index (χ3n) is 4.60. The monoisotopic (exact) mass is 372 g/mol. The maximum Gasteiger partial charge on any atom is 0.255 e. The average molecular weight is 372 g/mol. The molecule has 0 aliphatic rings. The third-order valence-corrected chi connectivity index (χ3v) is 4.60. The Morgan fingerprint density at radius 1 is 0.786 bits per heavy atom. The third kappa shape index (κ3) is 4.86. The van der Waals surface area contributed by atoms with Gasteiger partial charge in [0.15, 0.2) is 0 Å². The predicted octanol–water partition coefficient (Wildman–Crippen LogP) is 4.53. The summed E-state index contributed by atoms with van der Waals surface area (Å²) in [7, 11) is 0. The van der Waals surface area contributed by atoms with E-state index < -0.39 is 0 Å². The number of carbonyl (C=O) groups excluding carboxylic acids is 2. The first-order chi connectivity index (χ1) is 13.5. The highest BCUT2D eigenvalue weighted by Gasteiger charge is 2.15. The summed E-state index contributed by atoms with van der Waals surface area (Å²) in [6.45, 7) is 4.38. The SMILES string of the molecule is Cc1ccc(C)c(C(=O)Nc2ccccc2C(=O)NCCc2ccccc2)c1. The minimum Gasteiger partial charge on any atom is -0.352 e. The molecule has 0 fully saturated rings. The van der Waals surface area contributed by atoms with E-state index in [4.69, 9.17) is 0 Å². The summed E-state index contributed by atoms with van der Waals surface area (Å²) in [5.41, 5.74) is 4.65. The van der Waals surface area contributed by atoms with Crippen LogP contribution in [0.1, 0.15) is 37.4 Å². The Bertz CT molecular complexity index is 981. The van der Waals surface area contributed by atoms with E-state index in [1.165, 1.54) is 5.56 Å². The molecule has 0 heterocycles. The molecule has 2 amide bonds. The van der Waals surface area contributed by atoms with E-state index in [1.54, 1.807) is 24.3 Å². The number of amides is 2. The fourth-order valence-corrected chi connectivity index (χ4v) is 3.02. The van der Waals surface area contributed by atoms with Gasteiger partial charge in [-0.2, -0.15) is 0 Å². The van der Waals surface area contributed by atoms with Gasteiger partial charge in [-0.25, -0.2) is 0 Å². The van der Waals surface area contributed by atoms with Crippen molar-refractivity contribution in [3.8, 4) is 0 Å². The number of carbonyl (C=O) groups is 2. The van der Waals surface area contributed by atoms with Gasteiger partial charge in [0.05, 0.1) is 11.3 Å². The molecule has 4 heteroatoms. The lowest BCUT2D eigenvalue weighted by atomic mass is 10.0. The Morgan fingerprint density at radius 2 is 1.50 bits per heavy atom. The molecule has 0 saturated carbocycles. The Morgan fingerprint density at radius 3 is 2.29 bits per heavy atom. The number of para-hydroxylation sites is 1. The molecule has 3 aromatic rings. The van der Waals surface area contributed by atoms with E-state index in [0.29, 0.717) is 23.4 Å². The van der Waals surface area contributed by atoms with E-state index in [2.05, 4.69) is 10.6 Å². The molecule has 0 aliphatic heterocycles. The summed E-state index contributed by atoms with van der Waals surface area (Å²) in [5.74, 6) is -0.418. The van der Waals surface area contributed by atoms with Crippen molar-refractivity contribution in [1.82, 2.24) is 5.32 Å². The smallest absolute Gasteiger partial charge is 0.255 e. The van der Waals surface area contributed by atoms with Crippen molar-refractivity contribution >= 4 is 17.5 Å². The van der Waals surface area contributed by atoms with Crippen LogP contribution in [0.3, 0.4) is 0 Å². The molecule has 0 radical (unpaired) electrons. The molecule has 4 nitrogen and oxygen atoms in total. The van der Waals surface area contributed by atoms with Crippen molar-refractivity contribution in [2.75, 3.05) is 11.9 Å². The second-order valence-corrected chi connectivity index (χ2v) is 6.81. The van der Waals surface area contributed by atoms with Gasteiger partial charge in [0.25, 0.3) is 11.8 Å². The fourth-order valence-electron chi connectivity index (χ4n) is 3.02. The van der Waals surface area contributed by atoms with Crippen molar-refractivity contribution in [2.24, 2.45) is 0 Å². The van der Waals surface area contributed by atoms with Crippen LogP contribution in [0.15, 0.2) is 72.8 Å². The van der Waals surface area contributed by atoms with Crippen molar-refractivity contribution in [3.63, 3.8) is 0 Å². The van der Waals surface area contributed by atoms with Gasteiger partial charge < -0.3 is 10.6 Å². The molecule has 3 rings (SSSR count). The number of benzene rings is 3. The van der Waals surface area contributed by atoms with Gasteiger partial charge in [0.1, 0.15) is 0 Å². The Labute approximate surface area is 165 Å². The predicted molar refractivity (Wildman–Crippen MR) is 113 cm³/mol. The van der Waals surface area contributed by atoms with Crippen LogP contribution in [0.25, 0.3) is 0 Å². The summed E-state index contributed by atoms with van der Waals surface area (Å²) >= 11 is 0. The van der Waals surface area contributed by atoms with Crippen LogP contribution in [0.4, 0.5) is 5.69 Å². The van der Waals surface area contributed by atoms with Gasteiger partial charge >= 0.3 is 0 Å². The summed E-state index contributed by atoms with van der Waals surface area (Å²) in [6, 6.07) is 22.8. The highest BCUT2D eigenvalue weighted by molar-refractivity contribution is 6.09. The molecule has 0 unspecified atom stereocenters. The van der Waals surface area contributed by atoms with Gasteiger partial charge in [0, 0.05) is 12.1 Å². The van der Waals surface area contributed by atoms with Gasteiger partial charge in [-0.05, 0) is 49.6 Å². The number of hydrogen-bond acceptors (Lipinski definition) is 2. The van der Waals surface area contributed by atoms with Crippen LogP contribution in [-0.4, -0.2) is 18.4 Å². The van der Waals surface area contributed by atoms with Gasteiger partial charge in [-0.15, -0.1) is 0 Å². The topological polar surface area (TPSA) is 58.2 Å². The van der Waals surface area contributed by atoms with E-state index in [-0.39, 0.29) is 11.8 Å². The normalized spacial score (nSPS) is 10.4. The average Bonchev–Trinajstić information content (AvgIpc) is 2.71. The first kappa shape index (κ1) is 19.4. The number of anilines is 1. The van der Waals surface area contributed by atoms with Gasteiger partial charge in [-0.1, -0.05) is 60.2 Å². The number of rotatable bonds is 6. The standard InChI is InChI=1S/C24H24N2O2/c1-17-12-13-18(2)21(16-17)24(28)26-22-11-7-6-10-20(22)23(27)25-15-14-19-8-4-3-5-9-19/h3-13,16H,14-15H2,1-2H3,(H,25,27)(H,26,28). The summed E-state index contributed by atoms with van der Waals surface area (Å²) < 4.78 is 0. The quantitative estimate of drug-likeness (QED) is 0.668. The molecule has 3 aromatic carbocycles. The molecular weight excluding hydrogens is 348 g/mol. The van der Waals surface area contributed by atoms with Crippen molar-refractivity contribution in [3.05, 3.63) is 101 Å². The molecule has 142 valence electrons. The zero-order valence-corrected chi connectivity index (χ0v) is 16.2. The van der Waals surface area contributed by atoms with Gasteiger partial charge in [-0.3, -0.25) is 9.59 Å². The van der Waals surface area contributed by atoms with Crippen LogP contribution in [0, 0.1) is 13.8 Å². The van der Waals surface area contributed by atoms with Crippen LogP contribution in [-0.2, 0) is 6.42 Å². The maximum absolute atomic E-state index is 12.7. The van der Waals surface area contributed by atoms with E-state index >= 15 is 0 Å². The first-order valence-corrected chi connectivity index (χ1v) is 9.34. The zero-order chi connectivity index (χ0) is 19.9. The molecule has 0 spiro atoms. The first-order valence-electron chi connectivity index (χ1n) is 9.34. The molecule has 0 aliphatic carbocycles. The van der Waals surface area contributed by atoms with E-state index in [1.807, 2.05) is 62.4 Å². The highest BCUT2D eigenvalue weighted by Crippen LogP contribution is 2.18. The minimum absolute atomic E-state index is 0.201.